The molecule has 3 atom stereocenters. The van der Waals surface area contributed by atoms with E-state index in [9.17, 15) is 28.7 Å². The minimum atomic E-state index is -1.10. The van der Waals surface area contributed by atoms with E-state index in [1.165, 1.54) is 24.4 Å². The molecule has 2 amide bonds. The molecule has 0 aliphatic carbocycles. The molecule has 4 N–H and O–H groups in total. The number of primary amides is 1. The van der Waals surface area contributed by atoms with E-state index >= 15 is 0 Å². The van der Waals surface area contributed by atoms with E-state index < -0.39 is 53.2 Å². The number of ether oxygens (including phenoxy) is 2. The summed E-state index contributed by atoms with van der Waals surface area (Å²) >= 11 is 0. The molecule has 0 spiro atoms. The molecule has 0 saturated heterocycles. The number of esters is 2. The van der Waals surface area contributed by atoms with Gasteiger partial charge in [-0.1, -0.05) is 24.3 Å². The van der Waals surface area contributed by atoms with Gasteiger partial charge in [0.25, 0.3) is 5.91 Å². The number of nitrogens with zero attached hydrogens (tertiary/aromatic N) is 2. The van der Waals surface area contributed by atoms with E-state index in [1.807, 2.05) is 0 Å². The molecule has 242 valence electrons. The number of benzene rings is 2. The van der Waals surface area contributed by atoms with Crippen molar-refractivity contribution in [1.29, 1.82) is 0 Å². The van der Waals surface area contributed by atoms with Crippen molar-refractivity contribution in [3.63, 3.8) is 0 Å². The first-order valence-corrected chi connectivity index (χ1v) is 15.0. The van der Waals surface area contributed by atoms with Gasteiger partial charge in [0.1, 0.15) is 17.6 Å². The number of rotatable bonds is 17. The van der Waals surface area contributed by atoms with Gasteiger partial charge in [-0.05, 0) is 82.7 Å². The summed E-state index contributed by atoms with van der Waals surface area (Å²) in [5.41, 5.74) is 6.25. The summed E-state index contributed by atoms with van der Waals surface area (Å²) < 4.78 is 25.0. The lowest BCUT2D eigenvalue weighted by Gasteiger charge is -2.31. The van der Waals surface area contributed by atoms with E-state index in [2.05, 4.69) is 15.3 Å². The highest BCUT2D eigenvalue weighted by Gasteiger charge is 2.33. The molecule has 11 nitrogen and oxygen atoms in total. The lowest BCUT2D eigenvalue weighted by molar-refractivity contribution is -0.153. The Bertz CT molecular complexity index is 1480. The maximum absolute atomic E-state index is 14.2. The first kappa shape index (κ1) is 35.0. The van der Waals surface area contributed by atoms with Crippen LogP contribution in [0.3, 0.4) is 0 Å². The van der Waals surface area contributed by atoms with Gasteiger partial charge in [-0.25, -0.2) is 9.37 Å². The maximum atomic E-state index is 14.2. The second kappa shape index (κ2) is 16.6. The fourth-order valence-electron chi connectivity index (χ4n) is 4.82. The maximum Gasteiger partial charge on any atom is 0.306 e. The molecule has 12 heteroatoms. The molecule has 0 aliphatic rings. The minimum Gasteiger partial charge on any atom is -0.466 e. The Morgan fingerprint density at radius 2 is 1.76 bits per heavy atom. The zero-order chi connectivity index (χ0) is 33.0. The summed E-state index contributed by atoms with van der Waals surface area (Å²) in [6, 6.07) is 11.8. The van der Waals surface area contributed by atoms with Crippen molar-refractivity contribution in [2.75, 3.05) is 6.61 Å². The van der Waals surface area contributed by atoms with E-state index in [4.69, 9.17) is 15.2 Å². The van der Waals surface area contributed by atoms with Crippen molar-refractivity contribution >= 4 is 34.8 Å². The van der Waals surface area contributed by atoms with Crippen molar-refractivity contribution in [3.8, 4) is 0 Å². The number of carbonyl (C=O) groups is 4. The number of hydrogen-bond donors (Lipinski definition) is 3. The number of amides is 2. The van der Waals surface area contributed by atoms with Crippen LogP contribution in [0.25, 0.3) is 11.0 Å². The van der Waals surface area contributed by atoms with Gasteiger partial charge < -0.3 is 25.6 Å². The van der Waals surface area contributed by atoms with Crippen molar-refractivity contribution in [3.05, 3.63) is 71.8 Å². The average molecular weight is 625 g/mol. The zero-order valence-corrected chi connectivity index (χ0v) is 25.8. The van der Waals surface area contributed by atoms with Crippen molar-refractivity contribution in [2.45, 2.75) is 83.5 Å². The molecule has 0 aliphatic heterocycles. The van der Waals surface area contributed by atoms with Gasteiger partial charge in [0.05, 0.1) is 35.5 Å². The predicted octanol–water partition coefficient (Wildman–Crippen LogP) is 3.80. The highest BCUT2D eigenvalue weighted by molar-refractivity contribution is 5.94. The molecule has 2 aromatic carbocycles. The molecule has 0 saturated carbocycles. The molecule has 1 aromatic heterocycles. The monoisotopic (exact) mass is 624 g/mol. The number of nitrogens with two attached hydrogens (primary N) is 1. The summed E-state index contributed by atoms with van der Waals surface area (Å²) in [5, 5.41) is 13.1. The van der Waals surface area contributed by atoms with Crippen LogP contribution in [0.15, 0.2) is 54.7 Å². The van der Waals surface area contributed by atoms with Gasteiger partial charge in [-0.3, -0.25) is 24.2 Å². The molecule has 0 unspecified atom stereocenters. The van der Waals surface area contributed by atoms with E-state index in [0.29, 0.717) is 16.6 Å². The summed E-state index contributed by atoms with van der Waals surface area (Å²) in [6.07, 6.45) is 0.630. The highest BCUT2D eigenvalue weighted by Crippen LogP contribution is 2.24. The molecule has 3 rings (SSSR count). The van der Waals surface area contributed by atoms with Gasteiger partial charge in [0.15, 0.2) is 0 Å². The number of fused-ring (bicyclic) bond motifs is 1. The van der Waals surface area contributed by atoms with Crippen molar-refractivity contribution in [2.24, 2.45) is 11.7 Å². The average Bonchev–Trinajstić information content (AvgIpc) is 2.97. The number of nitrogens with one attached hydrogen (secondary N) is 1. The molecule has 0 fully saturated rings. The first-order valence-electron chi connectivity index (χ1n) is 15.0. The van der Waals surface area contributed by atoms with Crippen molar-refractivity contribution < 1.29 is 38.1 Å². The van der Waals surface area contributed by atoms with Gasteiger partial charge in [-0.15, -0.1) is 0 Å². The molecule has 0 bridgehead atoms. The Morgan fingerprint density at radius 1 is 1.04 bits per heavy atom. The SMILES string of the molecule is CCOC(=O)CCCC(=O)O[C@@H](C[C@@H](CCC(C)(C)O)C(N)=O)[C@H](Cc1cccc(F)c1)NC(=O)c1cnc2ccccc2n1. The van der Waals surface area contributed by atoms with E-state index in [-0.39, 0.29) is 57.2 Å². The number of carbonyl (C=O) groups excluding carboxylic acids is 4. The third kappa shape index (κ3) is 11.9. The van der Waals surface area contributed by atoms with E-state index in [1.54, 1.807) is 51.1 Å². The van der Waals surface area contributed by atoms with Crippen LogP contribution >= 0.6 is 0 Å². The molecular formula is C33H41FN4O7. The Kier molecular flexibility index (Phi) is 12.9. The highest BCUT2D eigenvalue weighted by atomic mass is 19.1. The zero-order valence-electron chi connectivity index (χ0n) is 25.8. The van der Waals surface area contributed by atoms with Gasteiger partial charge in [0, 0.05) is 18.8 Å². The second-order valence-corrected chi connectivity index (χ2v) is 11.5. The third-order valence-corrected chi connectivity index (χ3v) is 7.16. The summed E-state index contributed by atoms with van der Waals surface area (Å²) in [7, 11) is 0. The van der Waals surface area contributed by atoms with Gasteiger partial charge in [-0.2, -0.15) is 0 Å². The first-order chi connectivity index (χ1) is 21.3. The minimum absolute atomic E-state index is 0.00550. The molecule has 1 heterocycles. The van der Waals surface area contributed by atoms with E-state index in [0.717, 1.165) is 0 Å². The smallest absolute Gasteiger partial charge is 0.306 e. The Labute approximate surface area is 261 Å². The molecule has 0 radical (unpaired) electrons. The second-order valence-electron chi connectivity index (χ2n) is 11.5. The fourth-order valence-corrected chi connectivity index (χ4v) is 4.82. The van der Waals surface area contributed by atoms with Crippen LogP contribution in [0.1, 0.15) is 75.3 Å². The van der Waals surface area contributed by atoms with Gasteiger partial charge >= 0.3 is 11.9 Å². The van der Waals surface area contributed by atoms with Crippen LogP contribution in [-0.2, 0) is 30.3 Å². The van der Waals surface area contributed by atoms with Gasteiger partial charge in [0.2, 0.25) is 5.91 Å². The number of halogens is 1. The number of aromatic nitrogens is 2. The normalized spacial score (nSPS) is 13.4. The largest absolute Gasteiger partial charge is 0.466 e. The van der Waals surface area contributed by atoms with Crippen LogP contribution in [0, 0.1) is 11.7 Å². The van der Waals surface area contributed by atoms with Crippen LogP contribution in [0.4, 0.5) is 4.39 Å². The number of para-hydroxylation sites is 2. The Morgan fingerprint density at radius 3 is 2.42 bits per heavy atom. The number of aliphatic hydroxyl groups is 1. The standard InChI is InChI=1S/C33H41FN4O7/c1-4-44-29(39)13-8-14-30(40)45-28(19-22(31(35)41)15-16-33(2,3)43)26(18-21-9-7-10-23(34)17-21)38-32(42)27-20-36-24-11-5-6-12-25(24)37-27/h5-7,9-12,17,20,22,26,28,43H,4,8,13-16,18-19H2,1-3H3,(H2,35,41)(H,38,42)/t22-,26+,28+/m1/s1. The van der Waals surface area contributed by atoms with Crippen LogP contribution < -0.4 is 11.1 Å². The lowest BCUT2D eigenvalue weighted by atomic mass is 9.87. The van der Waals surface area contributed by atoms with Crippen molar-refractivity contribution in [1.82, 2.24) is 15.3 Å². The van der Waals surface area contributed by atoms with Crippen LogP contribution in [0.2, 0.25) is 0 Å². The predicted molar refractivity (Wildman–Crippen MR) is 164 cm³/mol. The summed E-state index contributed by atoms with van der Waals surface area (Å²) in [4.78, 5) is 59.6. The molecule has 3 aromatic rings. The quantitative estimate of drug-likeness (QED) is 0.189. The third-order valence-electron chi connectivity index (χ3n) is 7.16. The van der Waals surface area contributed by atoms with Crippen LogP contribution in [0.5, 0.6) is 0 Å². The Hall–Kier alpha value is -4.45. The molecule has 45 heavy (non-hydrogen) atoms. The molecular weight excluding hydrogens is 583 g/mol. The fraction of sp³-hybridized carbons (Fsp3) is 0.455. The topological polar surface area (TPSA) is 171 Å². The Balaban J connectivity index is 1.93. The van der Waals surface area contributed by atoms with Crippen LogP contribution in [-0.4, -0.2) is 63.2 Å². The summed E-state index contributed by atoms with van der Waals surface area (Å²) in [6.45, 7) is 5.10. The summed E-state index contributed by atoms with van der Waals surface area (Å²) in [5.74, 6) is -3.73. The lowest BCUT2D eigenvalue weighted by Crippen LogP contribution is -2.48. The number of hydrogen-bond acceptors (Lipinski definition) is 9.